The average molecular weight is 448 g/mol. The van der Waals surface area contributed by atoms with Crippen LogP contribution in [0.5, 0.6) is 0 Å². The molecular formula is C22H29N3O5S. The van der Waals surface area contributed by atoms with E-state index < -0.39 is 32.4 Å². The maximum absolute atomic E-state index is 13.2. The number of nitro groups is 1. The Hall–Kier alpha value is -2.94. The molecule has 2 rings (SSSR count). The van der Waals surface area contributed by atoms with Crippen molar-refractivity contribution in [2.45, 2.75) is 52.1 Å². The van der Waals surface area contributed by atoms with Gasteiger partial charge >= 0.3 is 0 Å². The Morgan fingerprint density at radius 1 is 1.19 bits per heavy atom. The van der Waals surface area contributed by atoms with Crippen molar-refractivity contribution in [1.82, 2.24) is 5.32 Å². The van der Waals surface area contributed by atoms with Crippen molar-refractivity contribution in [3.8, 4) is 0 Å². The molecule has 1 amide bonds. The molecule has 0 aliphatic carbocycles. The topological polar surface area (TPSA) is 110 Å². The van der Waals surface area contributed by atoms with Crippen LogP contribution < -0.4 is 9.62 Å². The Kier molecular flexibility index (Phi) is 7.43. The normalized spacial score (nSPS) is 12.8. The SMILES string of the molecule is CCC(C(=O)NC(C)(C)Cc1ccccc1)N(c1cc([N+](=O)[O-])ccc1C)S(C)(=O)=O. The van der Waals surface area contributed by atoms with Gasteiger partial charge in [-0.3, -0.25) is 19.2 Å². The number of amides is 1. The number of nitro benzene ring substituents is 1. The number of hydrogen-bond acceptors (Lipinski definition) is 5. The fraction of sp³-hybridized carbons (Fsp3) is 0.409. The van der Waals surface area contributed by atoms with Crippen LogP contribution in [0.15, 0.2) is 48.5 Å². The zero-order chi connectivity index (χ0) is 23.4. The second-order valence-electron chi connectivity index (χ2n) is 8.25. The van der Waals surface area contributed by atoms with Gasteiger partial charge in [0.2, 0.25) is 15.9 Å². The minimum atomic E-state index is -3.90. The van der Waals surface area contributed by atoms with Crippen LogP contribution in [0.1, 0.15) is 38.3 Å². The van der Waals surface area contributed by atoms with Crippen LogP contribution in [-0.4, -0.2) is 37.1 Å². The third-order valence-corrected chi connectivity index (χ3v) is 6.09. The van der Waals surface area contributed by atoms with Crippen molar-refractivity contribution < 1.29 is 18.1 Å². The molecule has 1 unspecified atom stereocenters. The van der Waals surface area contributed by atoms with E-state index >= 15 is 0 Å². The molecule has 0 aromatic heterocycles. The van der Waals surface area contributed by atoms with Gasteiger partial charge in [-0.15, -0.1) is 0 Å². The lowest BCUT2D eigenvalue weighted by atomic mass is 9.94. The highest BCUT2D eigenvalue weighted by Crippen LogP contribution is 2.30. The van der Waals surface area contributed by atoms with Crippen LogP contribution in [0.3, 0.4) is 0 Å². The molecule has 0 aliphatic heterocycles. The van der Waals surface area contributed by atoms with Gasteiger partial charge in [0.25, 0.3) is 5.69 Å². The van der Waals surface area contributed by atoms with E-state index in [1.165, 1.54) is 18.2 Å². The summed E-state index contributed by atoms with van der Waals surface area (Å²) >= 11 is 0. The maximum atomic E-state index is 13.2. The molecule has 0 heterocycles. The highest BCUT2D eigenvalue weighted by Gasteiger charge is 2.35. The van der Waals surface area contributed by atoms with Crippen molar-refractivity contribution in [1.29, 1.82) is 0 Å². The molecule has 0 saturated heterocycles. The van der Waals surface area contributed by atoms with Crippen molar-refractivity contribution >= 4 is 27.3 Å². The second kappa shape index (κ2) is 9.47. The van der Waals surface area contributed by atoms with E-state index in [4.69, 9.17) is 0 Å². The number of carbonyl (C=O) groups excluding carboxylic acids is 1. The Balaban J connectivity index is 2.40. The Morgan fingerprint density at radius 3 is 2.32 bits per heavy atom. The highest BCUT2D eigenvalue weighted by molar-refractivity contribution is 7.92. The summed E-state index contributed by atoms with van der Waals surface area (Å²) in [7, 11) is -3.90. The molecule has 8 nitrogen and oxygen atoms in total. The van der Waals surface area contributed by atoms with Crippen LogP contribution in [-0.2, 0) is 21.2 Å². The number of benzene rings is 2. The van der Waals surface area contributed by atoms with Crippen molar-refractivity contribution in [3.05, 3.63) is 69.8 Å². The van der Waals surface area contributed by atoms with E-state index in [1.54, 1.807) is 13.8 Å². The smallest absolute Gasteiger partial charge is 0.271 e. The number of anilines is 1. The third kappa shape index (κ3) is 6.27. The molecule has 9 heteroatoms. The van der Waals surface area contributed by atoms with Gasteiger partial charge in [0.15, 0.2) is 0 Å². The lowest BCUT2D eigenvalue weighted by Crippen LogP contribution is -2.55. The largest absolute Gasteiger partial charge is 0.349 e. The van der Waals surface area contributed by atoms with Crippen LogP contribution >= 0.6 is 0 Å². The van der Waals surface area contributed by atoms with Gasteiger partial charge in [-0.25, -0.2) is 8.42 Å². The average Bonchev–Trinajstić information content (AvgIpc) is 2.65. The first-order valence-corrected chi connectivity index (χ1v) is 11.8. The highest BCUT2D eigenvalue weighted by atomic mass is 32.2. The van der Waals surface area contributed by atoms with E-state index in [-0.39, 0.29) is 17.8 Å². The van der Waals surface area contributed by atoms with Gasteiger partial charge in [-0.05, 0) is 44.7 Å². The molecule has 0 saturated carbocycles. The molecule has 1 atom stereocenters. The van der Waals surface area contributed by atoms with Crippen LogP contribution in [0.25, 0.3) is 0 Å². The van der Waals surface area contributed by atoms with E-state index in [2.05, 4.69) is 5.32 Å². The predicted molar refractivity (Wildman–Crippen MR) is 122 cm³/mol. The number of hydrogen-bond donors (Lipinski definition) is 1. The molecule has 0 bridgehead atoms. The number of aryl methyl sites for hydroxylation is 1. The summed E-state index contributed by atoms with van der Waals surface area (Å²) < 4.78 is 26.4. The number of nitrogens with one attached hydrogen (secondary N) is 1. The van der Waals surface area contributed by atoms with Gasteiger partial charge in [0.1, 0.15) is 6.04 Å². The Morgan fingerprint density at radius 2 is 1.81 bits per heavy atom. The van der Waals surface area contributed by atoms with Gasteiger partial charge in [-0.2, -0.15) is 0 Å². The minimum absolute atomic E-state index is 0.125. The van der Waals surface area contributed by atoms with Crippen LogP contribution in [0.2, 0.25) is 0 Å². The fourth-order valence-electron chi connectivity index (χ4n) is 3.55. The first kappa shape index (κ1) is 24.3. The molecule has 31 heavy (non-hydrogen) atoms. The molecule has 0 spiro atoms. The quantitative estimate of drug-likeness (QED) is 0.467. The van der Waals surface area contributed by atoms with Crippen LogP contribution in [0.4, 0.5) is 11.4 Å². The van der Waals surface area contributed by atoms with Gasteiger partial charge in [0, 0.05) is 17.7 Å². The fourth-order valence-corrected chi connectivity index (χ4v) is 4.81. The molecule has 1 N–H and O–H groups in total. The molecule has 2 aromatic carbocycles. The first-order valence-electron chi connectivity index (χ1n) is 9.96. The number of sulfonamides is 1. The Bertz CT molecular complexity index is 1050. The molecular weight excluding hydrogens is 418 g/mol. The molecule has 0 fully saturated rings. The number of non-ortho nitro benzene ring substituents is 1. The summed E-state index contributed by atoms with van der Waals surface area (Å²) in [4.78, 5) is 23.9. The third-order valence-electron chi connectivity index (χ3n) is 4.92. The van der Waals surface area contributed by atoms with Crippen LogP contribution in [0, 0.1) is 17.0 Å². The predicted octanol–water partition coefficient (Wildman–Crippen LogP) is 3.59. The van der Waals surface area contributed by atoms with Crippen molar-refractivity contribution in [2.24, 2.45) is 0 Å². The monoisotopic (exact) mass is 447 g/mol. The summed E-state index contributed by atoms with van der Waals surface area (Å²) in [6.45, 7) is 7.10. The molecule has 168 valence electrons. The zero-order valence-electron chi connectivity index (χ0n) is 18.5. The number of rotatable bonds is 9. The summed E-state index contributed by atoms with van der Waals surface area (Å²) in [5, 5.41) is 14.2. The van der Waals surface area contributed by atoms with Gasteiger partial charge < -0.3 is 5.32 Å². The summed E-state index contributed by atoms with van der Waals surface area (Å²) in [5.74, 6) is -0.459. The summed E-state index contributed by atoms with van der Waals surface area (Å²) in [6, 6.07) is 12.6. The number of nitrogens with zero attached hydrogens (tertiary/aromatic N) is 2. The molecule has 0 aliphatic rings. The van der Waals surface area contributed by atoms with Crippen molar-refractivity contribution in [3.63, 3.8) is 0 Å². The summed E-state index contributed by atoms with van der Waals surface area (Å²) in [5.41, 5.74) is 0.807. The zero-order valence-corrected chi connectivity index (χ0v) is 19.3. The summed E-state index contributed by atoms with van der Waals surface area (Å²) in [6.07, 6.45) is 1.75. The number of carbonyl (C=O) groups is 1. The maximum Gasteiger partial charge on any atom is 0.271 e. The van der Waals surface area contributed by atoms with E-state index in [0.717, 1.165) is 16.1 Å². The van der Waals surface area contributed by atoms with Gasteiger partial charge in [-0.1, -0.05) is 43.3 Å². The molecule has 2 aromatic rings. The lowest BCUT2D eigenvalue weighted by molar-refractivity contribution is -0.384. The minimum Gasteiger partial charge on any atom is -0.349 e. The molecule has 0 radical (unpaired) electrons. The van der Waals surface area contributed by atoms with E-state index in [1.807, 2.05) is 44.2 Å². The standard InChI is InChI=1S/C22H29N3O5S/c1-6-19(21(26)23-22(3,4)15-17-10-8-7-9-11-17)24(31(5,29)30)20-14-18(25(27)28)13-12-16(20)2/h7-14,19H,6,15H2,1-5H3,(H,23,26). The van der Waals surface area contributed by atoms with E-state index in [0.29, 0.717) is 12.0 Å². The first-order chi connectivity index (χ1) is 14.4. The van der Waals surface area contributed by atoms with Crippen molar-refractivity contribution in [2.75, 3.05) is 10.6 Å². The Labute approximate surface area is 183 Å². The second-order valence-corrected chi connectivity index (χ2v) is 10.1. The lowest BCUT2D eigenvalue weighted by Gasteiger charge is -2.34. The van der Waals surface area contributed by atoms with E-state index in [9.17, 15) is 23.3 Å². The van der Waals surface area contributed by atoms with Gasteiger partial charge in [0.05, 0.1) is 16.9 Å².